The highest BCUT2D eigenvalue weighted by molar-refractivity contribution is 5.96. The summed E-state index contributed by atoms with van der Waals surface area (Å²) in [6, 6.07) is 9.68. The average molecular weight is 322 g/mol. The predicted octanol–water partition coefficient (Wildman–Crippen LogP) is 1.99. The van der Waals surface area contributed by atoms with Gasteiger partial charge in [0.25, 0.3) is 5.91 Å². The lowest BCUT2D eigenvalue weighted by atomic mass is 9.68. The molecule has 1 fully saturated rings. The number of anilines is 1. The van der Waals surface area contributed by atoms with Crippen molar-refractivity contribution in [1.29, 1.82) is 0 Å². The molecule has 6 nitrogen and oxygen atoms in total. The monoisotopic (exact) mass is 322 g/mol. The quantitative estimate of drug-likeness (QED) is 0.871. The average Bonchev–Trinajstić information content (AvgIpc) is 2.62. The number of amides is 2. The highest BCUT2D eigenvalue weighted by Gasteiger charge is 2.43. The number of hydrogen-bond donors (Lipinski definition) is 1. The number of carbonyl (C=O) groups excluding carboxylic acids is 2. The largest absolute Gasteiger partial charge is 0.339 e. The molecule has 1 aromatic heterocycles. The molecule has 2 aliphatic rings. The number of nitrogens with one attached hydrogen (secondary N) is 1. The third kappa shape index (κ3) is 2.44. The maximum atomic E-state index is 12.6. The van der Waals surface area contributed by atoms with Crippen LogP contribution in [0.2, 0.25) is 0 Å². The molecule has 6 heteroatoms. The van der Waals surface area contributed by atoms with E-state index < -0.39 is 0 Å². The van der Waals surface area contributed by atoms with Gasteiger partial charge in [0.2, 0.25) is 5.91 Å². The van der Waals surface area contributed by atoms with E-state index in [9.17, 15) is 9.59 Å². The van der Waals surface area contributed by atoms with Gasteiger partial charge in [-0.3, -0.25) is 9.59 Å². The van der Waals surface area contributed by atoms with Crippen LogP contribution >= 0.6 is 0 Å². The zero-order valence-corrected chi connectivity index (χ0v) is 13.2. The molecule has 4 rings (SSSR count). The van der Waals surface area contributed by atoms with Crippen molar-refractivity contribution in [1.82, 2.24) is 15.1 Å². The van der Waals surface area contributed by atoms with E-state index in [0.717, 1.165) is 18.5 Å². The second kappa shape index (κ2) is 5.70. The van der Waals surface area contributed by atoms with Crippen LogP contribution in [-0.4, -0.2) is 40.0 Å². The molecule has 24 heavy (non-hydrogen) atoms. The Kier molecular flexibility index (Phi) is 3.52. The van der Waals surface area contributed by atoms with Crippen molar-refractivity contribution >= 4 is 17.5 Å². The van der Waals surface area contributed by atoms with Crippen molar-refractivity contribution < 1.29 is 9.59 Å². The Morgan fingerprint density at radius 2 is 1.92 bits per heavy atom. The van der Waals surface area contributed by atoms with E-state index in [1.54, 1.807) is 6.07 Å². The number of likely N-dealkylation sites (tertiary alicyclic amines) is 1. The summed E-state index contributed by atoms with van der Waals surface area (Å²) in [7, 11) is 0. The topological polar surface area (TPSA) is 75.2 Å². The molecule has 1 aromatic carbocycles. The molecule has 2 aliphatic heterocycles. The van der Waals surface area contributed by atoms with E-state index >= 15 is 0 Å². The van der Waals surface area contributed by atoms with Crippen LogP contribution < -0.4 is 5.32 Å². The van der Waals surface area contributed by atoms with Crippen molar-refractivity contribution in [2.24, 2.45) is 0 Å². The summed E-state index contributed by atoms with van der Waals surface area (Å²) in [6.45, 7) is 1.28. The Morgan fingerprint density at radius 3 is 2.67 bits per heavy atom. The number of nitrogens with zero attached hydrogens (tertiary/aromatic N) is 3. The molecule has 0 unspecified atom stereocenters. The third-order valence-corrected chi connectivity index (χ3v) is 5.11. The summed E-state index contributed by atoms with van der Waals surface area (Å²) in [6.07, 6.45) is 5.10. The van der Waals surface area contributed by atoms with Crippen LogP contribution in [0.5, 0.6) is 0 Å². The second-order valence-corrected chi connectivity index (χ2v) is 6.47. The van der Waals surface area contributed by atoms with Gasteiger partial charge in [0.05, 0.1) is 18.0 Å². The van der Waals surface area contributed by atoms with Crippen LogP contribution in [0.3, 0.4) is 0 Å². The van der Waals surface area contributed by atoms with Gasteiger partial charge in [0, 0.05) is 30.6 Å². The molecule has 0 bridgehead atoms. The van der Waals surface area contributed by atoms with Crippen LogP contribution in [0.25, 0.3) is 0 Å². The summed E-state index contributed by atoms with van der Waals surface area (Å²) in [5.41, 5.74) is 2.50. The van der Waals surface area contributed by atoms with Crippen LogP contribution in [0.4, 0.5) is 5.69 Å². The maximum absolute atomic E-state index is 12.6. The van der Waals surface area contributed by atoms with E-state index in [-0.39, 0.29) is 17.2 Å². The van der Waals surface area contributed by atoms with Gasteiger partial charge in [-0.05, 0) is 30.5 Å². The molecular weight excluding hydrogens is 304 g/mol. The molecule has 1 spiro atoms. The standard InChI is InChI=1S/C18H18N4O2/c23-16-11-18(14-3-1-2-4-15(14)21-16)6-9-22(10-7-18)17(24)13-5-8-19-20-12-13/h1-5,8,12H,6-7,9-11H2,(H,21,23). The number of carbonyl (C=O) groups is 2. The molecule has 122 valence electrons. The first kappa shape index (κ1) is 14.8. The van der Waals surface area contributed by atoms with E-state index in [0.29, 0.717) is 25.1 Å². The minimum Gasteiger partial charge on any atom is -0.339 e. The maximum Gasteiger partial charge on any atom is 0.255 e. The Morgan fingerprint density at radius 1 is 1.12 bits per heavy atom. The molecule has 1 N–H and O–H groups in total. The van der Waals surface area contributed by atoms with Crippen LogP contribution in [0, 0.1) is 0 Å². The predicted molar refractivity (Wildman–Crippen MR) is 88.5 cm³/mol. The minimum atomic E-state index is -0.161. The second-order valence-electron chi connectivity index (χ2n) is 6.47. The fourth-order valence-electron chi connectivity index (χ4n) is 3.84. The summed E-state index contributed by atoms with van der Waals surface area (Å²) >= 11 is 0. The summed E-state index contributed by atoms with van der Waals surface area (Å²) in [5.74, 6) is 0.0418. The molecule has 3 heterocycles. The first-order valence-electron chi connectivity index (χ1n) is 8.13. The lowest BCUT2D eigenvalue weighted by Crippen LogP contribution is -2.48. The lowest BCUT2D eigenvalue weighted by Gasteiger charge is -2.44. The Balaban J connectivity index is 1.56. The number of aromatic nitrogens is 2. The highest BCUT2D eigenvalue weighted by Crippen LogP contribution is 2.44. The Labute approximate surface area is 139 Å². The number of hydrogen-bond acceptors (Lipinski definition) is 4. The number of fused-ring (bicyclic) bond motifs is 2. The lowest BCUT2D eigenvalue weighted by molar-refractivity contribution is -0.118. The van der Waals surface area contributed by atoms with E-state index in [1.165, 1.54) is 18.0 Å². The van der Waals surface area contributed by atoms with Gasteiger partial charge in [-0.15, -0.1) is 0 Å². The van der Waals surface area contributed by atoms with E-state index in [1.807, 2.05) is 23.1 Å². The molecular formula is C18H18N4O2. The Bertz CT molecular complexity index is 783. The normalized spacial score (nSPS) is 18.8. The first-order valence-corrected chi connectivity index (χ1v) is 8.13. The molecule has 1 saturated heterocycles. The zero-order chi connectivity index (χ0) is 16.6. The highest BCUT2D eigenvalue weighted by atomic mass is 16.2. The van der Waals surface area contributed by atoms with Crippen LogP contribution in [0.1, 0.15) is 35.2 Å². The summed E-state index contributed by atoms with van der Waals surface area (Å²) in [5, 5.41) is 10.4. The smallest absolute Gasteiger partial charge is 0.255 e. The van der Waals surface area contributed by atoms with E-state index in [2.05, 4.69) is 21.6 Å². The van der Waals surface area contributed by atoms with Crippen molar-refractivity contribution in [2.45, 2.75) is 24.7 Å². The fourth-order valence-corrected chi connectivity index (χ4v) is 3.84. The first-order chi connectivity index (χ1) is 11.7. The third-order valence-electron chi connectivity index (χ3n) is 5.11. The van der Waals surface area contributed by atoms with Gasteiger partial charge < -0.3 is 10.2 Å². The number of rotatable bonds is 1. The number of benzene rings is 1. The fraction of sp³-hybridized carbons (Fsp3) is 0.333. The summed E-state index contributed by atoms with van der Waals surface area (Å²) in [4.78, 5) is 26.5. The molecule has 2 aromatic rings. The van der Waals surface area contributed by atoms with Gasteiger partial charge in [-0.2, -0.15) is 10.2 Å². The van der Waals surface area contributed by atoms with Crippen LogP contribution in [0.15, 0.2) is 42.7 Å². The van der Waals surface area contributed by atoms with Crippen molar-refractivity contribution in [3.05, 3.63) is 53.9 Å². The molecule has 0 aliphatic carbocycles. The number of piperidine rings is 1. The van der Waals surface area contributed by atoms with Gasteiger partial charge >= 0.3 is 0 Å². The van der Waals surface area contributed by atoms with Crippen molar-refractivity contribution in [3.63, 3.8) is 0 Å². The molecule has 0 radical (unpaired) electrons. The summed E-state index contributed by atoms with van der Waals surface area (Å²) < 4.78 is 0. The SMILES string of the molecule is O=C1CC2(CCN(C(=O)c3ccnnc3)CC2)c2ccccc2N1. The molecule has 2 amide bonds. The van der Waals surface area contributed by atoms with Gasteiger partial charge in [0.15, 0.2) is 0 Å². The van der Waals surface area contributed by atoms with E-state index in [4.69, 9.17) is 0 Å². The van der Waals surface area contributed by atoms with Crippen LogP contribution in [-0.2, 0) is 10.2 Å². The van der Waals surface area contributed by atoms with Gasteiger partial charge in [-0.25, -0.2) is 0 Å². The van der Waals surface area contributed by atoms with Gasteiger partial charge in [-0.1, -0.05) is 18.2 Å². The Hall–Kier alpha value is -2.76. The minimum absolute atomic E-state index is 0.0201. The zero-order valence-electron chi connectivity index (χ0n) is 13.2. The number of para-hydroxylation sites is 1. The molecule has 0 atom stereocenters. The molecule has 0 saturated carbocycles. The van der Waals surface area contributed by atoms with Gasteiger partial charge in [0.1, 0.15) is 0 Å². The van der Waals surface area contributed by atoms with Crippen molar-refractivity contribution in [2.75, 3.05) is 18.4 Å². The van der Waals surface area contributed by atoms with Crippen molar-refractivity contribution in [3.8, 4) is 0 Å².